The van der Waals surface area contributed by atoms with Crippen LogP contribution in [0.3, 0.4) is 0 Å². The van der Waals surface area contributed by atoms with E-state index >= 15 is 0 Å². The summed E-state index contributed by atoms with van der Waals surface area (Å²) in [6.07, 6.45) is -1.91. The van der Waals surface area contributed by atoms with Gasteiger partial charge in [-0.1, -0.05) is 30.3 Å². The van der Waals surface area contributed by atoms with Gasteiger partial charge in [-0.3, -0.25) is 9.59 Å². The van der Waals surface area contributed by atoms with E-state index in [2.05, 4.69) is 0 Å². The number of aliphatic hydroxyl groups excluding tert-OH is 1. The lowest BCUT2D eigenvalue weighted by Crippen LogP contribution is -2.18. The predicted molar refractivity (Wildman–Crippen MR) is 47.7 cm³/mol. The topological polar surface area (TPSA) is 94.8 Å². The minimum absolute atomic E-state index is 0.250. The number of hydrogen-bond acceptors (Lipinski definition) is 4. The Morgan fingerprint density at radius 2 is 1.64 bits per heavy atom. The van der Waals surface area contributed by atoms with Gasteiger partial charge in [0.15, 0.2) is 0 Å². The molecule has 0 heterocycles. The van der Waals surface area contributed by atoms with Gasteiger partial charge in [-0.25, -0.2) is 0 Å². The van der Waals surface area contributed by atoms with Crippen molar-refractivity contribution in [2.75, 3.05) is 0 Å². The maximum Gasteiger partial charge on any atom is 0.290 e. The molecule has 0 unspecified atom stereocenters. The third-order valence-electron chi connectivity index (χ3n) is 1.29. The lowest BCUT2D eigenvalue weighted by atomic mass is 10.1. The summed E-state index contributed by atoms with van der Waals surface area (Å²) in [4.78, 5) is 19.2. The van der Waals surface area contributed by atoms with Crippen LogP contribution in [0.4, 0.5) is 0 Å². The first-order valence-corrected chi connectivity index (χ1v) is 3.66. The molecule has 0 atom stereocenters. The quantitative estimate of drug-likeness (QED) is 0.350. The Labute approximate surface area is 80.2 Å². The van der Waals surface area contributed by atoms with Gasteiger partial charge >= 0.3 is 0 Å². The van der Waals surface area contributed by atoms with Crippen LogP contribution in [0.25, 0.3) is 0 Å². The van der Waals surface area contributed by atoms with Crippen molar-refractivity contribution in [3.05, 3.63) is 35.9 Å². The lowest BCUT2D eigenvalue weighted by Gasteiger charge is -2.00. The summed E-state index contributed by atoms with van der Waals surface area (Å²) in [5, 5.41) is 23.8. The van der Waals surface area contributed by atoms with Crippen molar-refractivity contribution in [3.63, 3.8) is 0 Å². The molecule has 5 heteroatoms. The Morgan fingerprint density at radius 1 is 1.21 bits per heavy atom. The normalized spacial score (nSPS) is 8.79. The molecule has 0 aliphatic carbocycles. The van der Waals surface area contributed by atoms with Crippen molar-refractivity contribution in [1.29, 1.82) is 0 Å². The van der Waals surface area contributed by atoms with Crippen LogP contribution in [0.2, 0.25) is 0 Å². The fraction of sp³-hybridized carbons (Fsp3) is 0.111. The van der Waals surface area contributed by atoms with Crippen molar-refractivity contribution in [3.8, 4) is 0 Å². The first-order chi connectivity index (χ1) is 6.63. The second-order valence-corrected chi connectivity index (χ2v) is 2.21. The number of Topliss-reactive ketones (excluding diaryl/α,β-unsaturated/α-hetero) is 1. The number of hydrogen-bond donors (Lipinski definition) is 3. The molecule has 0 aliphatic rings. The molecule has 76 valence electrons. The van der Waals surface area contributed by atoms with E-state index < -0.39 is 12.1 Å². The molecule has 0 fully saturated rings. The molecule has 1 rings (SSSR count). The van der Waals surface area contributed by atoms with E-state index in [9.17, 15) is 4.79 Å². The zero-order chi connectivity index (χ0) is 11.0. The van der Waals surface area contributed by atoms with Crippen LogP contribution in [0.15, 0.2) is 30.3 Å². The molecule has 0 spiro atoms. The van der Waals surface area contributed by atoms with Gasteiger partial charge in [0, 0.05) is 5.56 Å². The fourth-order valence-electron chi connectivity index (χ4n) is 0.751. The molecule has 1 aromatic carbocycles. The number of benzene rings is 1. The van der Waals surface area contributed by atoms with E-state index in [4.69, 9.17) is 20.1 Å². The largest absolute Gasteiger partial charge is 0.483 e. The van der Waals surface area contributed by atoms with Crippen LogP contribution in [-0.2, 0) is 4.79 Å². The Morgan fingerprint density at radius 3 is 2.00 bits per heavy atom. The SMILES string of the molecule is O=C(c1ccccc1)C(O)O.O=CO. The van der Waals surface area contributed by atoms with Gasteiger partial charge in [-0.05, 0) is 0 Å². The maximum atomic E-state index is 10.8. The lowest BCUT2D eigenvalue weighted by molar-refractivity contribution is -0.122. The molecule has 5 nitrogen and oxygen atoms in total. The number of carbonyl (C=O) groups is 2. The van der Waals surface area contributed by atoms with Crippen molar-refractivity contribution >= 4 is 12.3 Å². The number of aliphatic hydroxyl groups is 2. The molecule has 14 heavy (non-hydrogen) atoms. The van der Waals surface area contributed by atoms with E-state index in [0.29, 0.717) is 5.56 Å². The average molecular weight is 198 g/mol. The molecule has 1 aromatic rings. The Hall–Kier alpha value is -1.72. The second-order valence-electron chi connectivity index (χ2n) is 2.21. The summed E-state index contributed by atoms with van der Waals surface area (Å²) < 4.78 is 0. The maximum absolute atomic E-state index is 10.8. The Bertz CT molecular complexity index is 281. The summed E-state index contributed by atoms with van der Waals surface area (Å²) in [6, 6.07) is 8.13. The van der Waals surface area contributed by atoms with Crippen molar-refractivity contribution in [1.82, 2.24) is 0 Å². The smallest absolute Gasteiger partial charge is 0.290 e. The van der Waals surface area contributed by atoms with Crippen molar-refractivity contribution < 1.29 is 24.9 Å². The van der Waals surface area contributed by atoms with Gasteiger partial charge in [0.1, 0.15) is 0 Å². The number of ketones is 1. The third-order valence-corrected chi connectivity index (χ3v) is 1.29. The highest BCUT2D eigenvalue weighted by atomic mass is 16.5. The molecule has 0 bridgehead atoms. The summed E-state index contributed by atoms with van der Waals surface area (Å²) in [5.41, 5.74) is 0.308. The Kier molecular flexibility index (Phi) is 5.93. The summed E-state index contributed by atoms with van der Waals surface area (Å²) in [7, 11) is 0. The van der Waals surface area contributed by atoms with Gasteiger partial charge < -0.3 is 15.3 Å². The monoisotopic (exact) mass is 198 g/mol. The van der Waals surface area contributed by atoms with Crippen LogP contribution in [-0.4, -0.2) is 33.9 Å². The zero-order valence-corrected chi connectivity index (χ0v) is 7.20. The highest BCUT2D eigenvalue weighted by Gasteiger charge is 2.11. The van der Waals surface area contributed by atoms with Gasteiger partial charge in [0.05, 0.1) is 0 Å². The predicted octanol–water partition coefficient (Wildman–Crippen LogP) is -0.119. The minimum atomic E-state index is -1.91. The van der Waals surface area contributed by atoms with E-state index in [1.807, 2.05) is 0 Å². The molecular weight excluding hydrogens is 188 g/mol. The molecule has 0 amide bonds. The van der Waals surface area contributed by atoms with Gasteiger partial charge in [0.25, 0.3) is 6.47 Å². The van der Waals surface area contributed by atoms with Gasteiger partial charge in [-0.15, -0.1) is 0 Å². The zero-order valence-electron chi connectivity index (χ0n) is 7.20. The Balaban J connectivity index is 0.000000500. The van der Waals surface area contributed by atoms with Crippen molar-refractivity contribution in [2.24, 2.45) is 0 Å². The molecule has 3 N–H and O–H groups in total. The van der Waals surface area contributed by atoms with Crippen LogP contribution < -0.4 is 0 Å². The summed E-state index contributed by atoms with van der Waals surface area (Å²) >= 11 is 0. The fourth-order valence-corrected chi connectivity index (χ4v) is 0.751. The number of carboxylic acid groups (broad SMARTS) is 1. The highest BCUT2D eigenvalue weighted by molar-refractivity contribution is 5.98. The van der Waals surface area contributed by atoms with E-state index in [1.54, 1.807) is 18.2 Å². The number of carbonyl (C=O) groups excluding carboxylic acids is 1. The summed E-state index contributed by atoms with van der Waals surface area (Å²) in [6.45, 7) is -0.250. The molecule has 0 radical (unpaired) electrons. The van der Waals surface area contributed by atoms with Gasteiger partial charge in [0.2, 0.25) is 12.1 Å². The first-order valence-electron chi connectivity index (χ1n) is 3.66. The number of rotatable bonds is 2. The molecule has 0 aromatic heterocycles. The van der Waals surface area contributed by atoms with Crippen LogP contribution in [0, 0.1) is 0 Å². The molecular formula is C9H10O5. The third kappa shape index (κ3) is 4.34. The van der Waals surface area contributed by atoms with E-state index in [1.165, 1.54) is 12.1 Å². The summed E-state index contributed by atoms with van der Waals surface area (Å²) in [5.74, 6) is -0.675. The van der Waals surface area contributed by atoms with Crippen molar-refractivity contribution in [2.45, 2.75) is 6.29 Å². The van der Waals surface area contributed by atoms with Crippen LogP contribution in [0.5, 0.6) is 0 Å². The second kappa shape index (κ2) is 6.76. The van der Waals surface area contributed by atoms with Gasteiger partial charge in [-0.2, -0.15) is 0 Å². The van der Waals surface area contributed by atoms with E-state index in [-0.39, 0.29) is 6.47 Å². The van der Waals surface area contributed by atoms with Crippen LogP contribution in [0.1, 0.15) is 10.4 Å². The van der Waals surface area contributed by atoms with E-state index in [0.717, 1.165) is 0 Å². The minimum Gasteiger partial charge on any atom is -0.483 e. The molecule has 0 aliphatic heterocycles. The molecule has 0 saturated carbocycles. The molecule has 0 saturated heterocycles. The first kappa shape index (κ1) is 12.3. The van der Waals surface area contributed by atoms with Crippen LogP contribution >= 0.6 is 0 Å². The average Bonchev–Trinajstić information content (AvgIpc) is 2.19. The standard InChI is InChI=1S/C8H8O3.CH2O2/c9-7(8(10)11)6-4-2-1-3-5-6;2-1-3/h1-5,8,10-11H;1H,(H,2,3). The highest BCUT2D eigenvalue weighted by Crippen LogP contribution is 2.01.